The van der Waals surface area contributed by atoms with E-state index in [0.29, 0.717) is 11.7 Å². The van der Waals surface area contributed by atoms with Crippen LogP contribution in [0.5, 0.6) is 0 Å². The second-order valence-electron chi connectivity index (χ2n) is 4.76. The summed E-state index contributed by atoms with van der Waals surface area (Å²) in [4.78, 5) is 16.5. The zero-order valence-corrected chi connectivity index (χ0v) is 10.4. The van der Waals surface area contributed by atoms with Crippen LogP contribution in [0.2, 0.25) is 0 Å². The third kappa shape index (κ3) is 1.86. The van der Waals surface area contributed by atoms with Gasteiger partial charge >= 0.3 is 0 Å². The van der Waals surface area contributed by atoms with Gasteiger partial charge in [-0.1, -0.05) is 30.3 Å². The molecule has 3 nitrogen and oxygen atoms in total. The number of carbonyl (C=O) groups excluding carboxylic acids is 1. The molecule has 0 spiro atoms. The second-order valence-corrected chi connectivity index (χ2v) is 4.76. The van der Waals surface area contributed by atoms with Crippen molar-refractivity contribution in [2.24, 2.45) is 5.92 Å². The summed E-state index contributed by atoms with van der Waals surface area (Å²) in [7, 11) is 0. The molecule has 1 saturated carbocycles. The maximum atomic E-state index is 12.3. The van der Waals surface area contributed by atoms with Gasteiger partial charge in [-0.25, -0.2) is 4.98 Å². The number of imidazole rings is 1. The Hall–Kier alpha value is -1.90. The second kappa shape index (κ2) is 4.41. The van der Waals surface area contributed by atoms with Gasteiger partial charge in [-0.2, -0.15) is 0 Å². The van der Waals surface area contributed by atoms with E-state index in [2.05, 4.69) is 17.1 Å². The molecule has 0 aliphatic heterocycles. The minimum Gasteiger partial charge on any atom is -0.329 e. The zero-order chi connectivity index (χ0) is 12.5. The van der Waals surface area contributed by atoms with Crippen molar-refractivity contribution in [3.63, 3.8) is 0 Å². The van der Waals surface area contributed by atoms with Crippen molar-refractivity contribution in [3.8, 4) is 0 Å². The van der Waals surface area contributed by atoms with Crippen molar-refractivity contribution < 1.29 is 4.79 Å². The van der Waals surface area contributed by atoms with Crippen LogP contribution in [0.4, 0.5) is 0 Å². The minimum absolute atomic E-state index is 0.125. The fourth-order valence-electron chi connectivity index (χ4n) is 2.51. The van der Waals surface area contributed by atoms with Gasteiger partial charge in [0.05, 0.1) is 0 Å². The average molecular weight is 240 g/mol. The molecule has 3 heteroatoms. The molecule has 92 valence electrons. The predicted octanol–water partition coefficient (Wildman–Crippen LogP) is 2.89. The van der Waals surface area contributed by atoms with E-state index in [1.807, 2.05) is 35.9 Å². The van der Waals surface area contributed by atoms with Crippen molar-refractivity contribution in [2.75, 3.05) is 0 Å². The van der Waals surface area contributed by atoms with E-state index in [0.717, 1.165) is 13.0 Å². The molecule has 1 aliphatic rings. The van der Waals surface area contributed by atoms with Gasteiger partial charge in [-0.15, -0.1) is 0 Å². The third-order valence-corrected chi connectivity index (χ3v) is 3.63. The largest absolute Gasteiger partial charge is 0.329 e. The number of rotatable bonds is 4. The van der Waals surface area contributed by atoms with Crippen LogP contribution in [0.1, 0.15) is 35.4 Å². The standard InChI is InChI=1S/C15H16N2O/c1-2-17-9-8-16-15(17)14(18)13-10-12(13)11-6-4-3-5-7-11/h3-9,12-13H,2,10H2,1H3. The topological polar surface area (TPSA) is 34.9 Å². The van der Waals surface area contributed by atoms with Crippen LogP contribution in [0, 0.1) is 5.92 Å². The average Bonchev–Trinajstić information content (AvgIpc) is 3.08. The quantitative estimate of drug-likeness (QED) is 0.770. The van der Waals surface area contributed by atoms with Gasteiger partial charge in [0.15, 0.2) is 5.82 Å². The number of aryl methyl sites for hydroxylation is 1. The van der Waals surface area contributed by atoms with Crippen molar-refractivity contribution in [1.29, 1.82) is 0 Å². The molecule has 1 heterocycles. The lowest BCUT2D eigenvalue weighted by Crippen LogP contribution is -2.11. The summed E-state index contributed by atoms with van der Waals surface area (Å²) in [6, 6.07) is 10.3. The zero-order valence-electron chi connectivity index (χ0n) is 10.4. The summed E-state index contributed by atoms with van der Waals surface area (Å²) in [5, 5.41) is 0. The Morgan fingerprint density at radius 2 is 2.17 bits per heavy atom. The van der Waals surface area contributed by atoms with Crippen molar-refractivity contribution in [3.05, 3.63) is 54.1 Å². The lowest BCUT2D eigenvalue weighted by Gasteiger charge is -2.03. The number of hydrogen-bond acceptors (Lipinski definition) is 2. The fourth-order valence-corrected chi connectivity index (χ4v) is 2.51. The maximum absolute atomic E-state index is 12.3. The predicted molar refractivity (Wildman–Crippen MR) is 69.5 cm³/mol. The SMILES string of the molecule is CCn1ccnc1C(=O)C1CC1c1ccccc1. The van der Waals surface area contributed by atoms with Gasteiger partial charge in [-0.05, 0) is 24.8 Å². The first-order chi connectivity index (χ1) is 8.81. The number of nitrogens with zero attached hydrogens (tertiary/aromatic N) is 2. The Bertz CT molecular complexity index is 559. The van der Waals surface area contributed by atoms with E-state index in [4.69, 9.17) is 0 Å². The Morgan fingerprint density at radius 3 is 2.89 bits per heavy atom. The summed E-state index contributed by atoms with van der Waals surface area (Å²) < 4.78 is 1.92. The molecule has 18 heavy (non-hydrogen) atoms. The molecule has 1 aromatic heterocycles. The first kappa shape index (κ1) is 11.2. The van der Waals surface area contributed by atoms with Gasteiger partial charge in [0, 0.05) is 24.9 Å². The minimum atomic E-state index is 0.125. The van der Waals surface area contributed by atoms with Gasteiger partial charge in [0.25, 0.3) is 0 Å². The summed E-state index contributed by atoms with van der Waals surface area (Å²) >= 11 is 0. The molecule has 0 saturated heterocycles. The van der Waals surface area contributed by atoms with Crippen molar-refractivity contribution in [2.45, 2.75) is 25.8 Å². The van der Waals surface area contributed by atoms with Crippen LogP contribution in [0.3, 0.4) is 0 Å². The number of ketones is 1. The molecule has 0 radical (unpaired) electrons. The molecule has 3 rings (SSSR count). The molecule has 1 fully saturated rings. The van der Waals surface area contributed by atoms with Crippen LogP contribution in [-0.4, -0.2) is 15.3 Å². The molecule has 0 N–H and O–H groups in total. The number of Topliss-reactive ketones (excluding diaryl/α,β-unsaturated/α-hetero) is 1. The van der Waals surface area contributed by atoms with E-state index in [1.165, 1.54) is 5.56 Å². The van der Waals surface area contributed by atoms with Crippen LogP contribution >= 0.6 is 0 Å². The highest BCUT2D eigenvalue weighted by Gasteiger charge is 2.45. The molecule has 2 aromatic rings. The Morgan fingerprint density at radius 1 is 1.39 bits per heavy atom. The molecule has 2 unspecified atom stereocenters. The van der Waals surface area contributed by atoms with Gasteiger partial charge < -0.3 is 4.57 Å². The summed E-state index contributed by atoms with van der Waals surface area (Å²) in [6.45, 7) is 2.82. The number of aromatic nitrogens is 2. The fraction of sp³-hybridized carbons (Fsp3) is 0.333. The van der Waals surface area contributed by atoms with E-state index in [1.54, 1.807) is 6.20 Å². The molecule has 2 atom stereocenters. The van der Waals surface area contributed by atoms with Gasteiger partial charge in [-0.3, -0.25) is 4.79 Å². The first-order valence-corrected chi connectivity index (χ1v) is 6.41. The summed E-state index contributed by atoms with van der Waals surface area (Å²) in [5.74, 6) is 1.32. The number of carbonyl (C=O) groups is 1. The van der Waals surface area contributed by atoms with Crippen LogP contribution < -0.4 is 0 Å². The van der Waals surface area contributed by atoms with E-state index >= 15 is 0 Å². The first-order valence-electron chi connectivity index (χ1n) is 6.41. The molecule has 0 bridgehead atoms. The van der Waals surface area contributed by atoms with Crippen molar-refractivity contribution >= 4 is 5.78 Å². The molecule has 0 amide bonds. The monoisotopic (exact) mass is 240 g/mol. The molecule has 1 aromatic carbocycles. The van der Waals surface area contributed by atoms with Gasteiger partial charge in [0.1, 0.15) is 0 Å². The number of hydrogen-bond donors (Lipinski definition) is 0. The Kier molecular flexibility index (Phi) is 2.74. The van der Waals surface area contributed by atoms with E-state index in [9.17, 15) is 4.79 Å². The smallest absolute Gasteiger partial charge is 0.201 e. The van der Waals surface area contributed by atoms with Gasteiger partial charge in [0.2, 0.25) is 5.78 Å². The third-order valence-electron chi connectivity index (χ3n) is 3.63. The highest BCUT2D eigenvalue weighted by molar-refractivity contribution is 5.97. The number of benzene rings is 1. The van der Waals surface area contributed by atoms with E-state index < -0.39 is 0 Å². The summed E-state index contributed by atoms with van der Waals surface area (Å²) in [6.07, 6.45) is 4.53. The summed E-state index contributed by atoms with van der Waals surface area (Å²) in [5.41, 5.74) is 1.27. The molecular weight excluding hydrogens is 224 g/mol. The van der Waals surface area contributed by atoms with Crippen LogP contribution in [0.25, 0.3) is 0 Å². The highest BCUT2D eigenvalue weighted by atomic mass is 16.1. The normalized spacial score (nSPS) is 21.8. The van der Waals surface area contributed by atoms with Crippen LogP contribution in [0.15, 0.2) is 42.7 Å². The van der Waals surface area contributed by atoms with E-state index in [-0.39, 0.29) is 11.7 Å². The molecule has 1 aliphatic carbocycles. The Balaban J connectivity index is 1.77. The Labute approximate surface area is 106 Å². The highest BCUT2D eigenvalue weighted by Crippen LogP contribution is 2.48. The van der Waals surface area contributed by atoms with Crippen molar-refractivity contribution in [1.82, 2.24) is 9.55 Å². The van der Waals surface area contributed by atoms with Crippen LogP contribution in [-0.2, 0) is 6.54 Å². The molecular formula is C15H16N2O. The maximum Gasteiger partial charge on any atom is 0.201 e. The lowest BCUT2D eigenvalue weighted by molar-refractivity contribution is 0.0951. The lowest BCUT2D eigenvalue weighted by atomic mass is 10.1.